The molecule has 0 aliphatic carbocycles. The number of fused-ring (bicyclic) bond motifs is 1. The summed E-state index contributed by atoms with van der Waals surface area (Å²) in [4.78, 5) is 12.7. The highest BCUT2D eigenvalue weighted by Crippen LogP contribution is 2.45. The molecule has 0 amide bonds. The standard InChI is InChI=1S/C19H28O2S/c1-17(2,3)13-8-12(15(20)10-19(6,7)22)9-14-16(13)21-11-18(14,4)5/h8-9,22H,10-11H2,1-7H3. The zero-order chi connectivity index (χ0) is 16.9. The van der Waals surface area contributed by atoms with Gasteiger partial charge in [-0.2, -0.15) is 12.6 Å². The molecule has 0 N–H and O–H groups in total. The molecule has 1 heterocycles. The van der Waals surface area contributed by atoms with Gasteiger partial charge in [-0.3, -0.25) is 4.79 Å². The number of thiol groups is 1. The molecular weight excluding hydrogens is 292 g/mol. The van der Waals surface area contributed by atoms with Crippen molar-refractivity contribution in [3.05, 3.63) is 28.8 Å². The Bertz CT molecular complexity index is 601. The van der Waals surface area contributed by atoms with Crippen LogP contribution in [0.2, 0.25) is 0 Å². The number of hydrogen-bond donors (Lipinski definition) is 1. The second kappa shape index (κ2) is 5.30. The van der Waals surface area contributed by atoms with E-state index in [1.165, 1.54) is 0 Å². The van der Waals surface area contributed by atoms with Crippen molar-refractivity contribution in [2.24, 2.45) is 0 Å². The lowest BCUT2D eigenvalue weighted by Gasteiger charge is -2.24. The number of ketones is 1. The molecule has 1 aliphatic heterocycles. The van der Waals surface area contributed by atoms with Gasteiger partial charge >= 0.3 is 0 Å². The molecule has 0 saturated carbocycles. The minimum absolute atomic E-state index is 0.0535. The highest BCUT2D eigenvalue weighted by atomic mass is 32.1. The van der Waals surface area contributed by atoms with Gasteiger partial charge in [-0.25, -0.2) is 0 Å². The van der Waals surface area contributed by atoms with Crippen molar-refractivity contribution in [1.82, 2.24) is 0 Å². The first kappa shape index (κ1) is 17.4. The van der Waals surface area contributed by atoms with Crippen molar-refractivity contribution in [2.75, 3.05) is 6.61 Å². The fraction of sp³-hybridized carbons (Fsp3) is 0.632. The number of carbonyl (C=O) groups excluding carboxylic acids is 1. The van der Waals surface area contributed by atoms with Gasteiger partial charge in [-0.15, -0.1) is 0 Å². The van der Waals surface area contributed by atoms with E-state index < -0.39 is 0 Å². The Balaban J connectivity index is 2.57. The summed E-state index contributed by atoms with van der Waals surface area (Å²) in [6.45, 7) is 15.4. The van der Waals surface area contributed by atoms with Gasteiger partial charge < -0.3 is 4.74 Å². The molecule has 0 unspecified atom stereocenters. The van der Waals surface area contributed by atoms with Gasteiger partial charge in [0.15, 0.2) is 5.78 Å². The van der Waals surface area contributed by atoms with Crippen molar-refractivity contribution in [1.29, 1.82) is 0 Å². The summed E-state index contributed by atoms with van der Waals surface area (Å²) in [5.41, 5.74) is 2.94. The van der Waals surface area contributed by atoms with Gasteiger partial charge in [0.05, 0.1) is 6.61 Å². The summed E-state index contributed by atoms with van der Waals surface area (Å²) in [6, 6.07) is 4.04. The van der Waals surface area contributed by atoms with Gasteiger partial charge in [0.1, 0.15) is 5.75 Å². The molecule has 1 aromatic rings. The number of ether oxygens (including phenoxy) is 1. The zero-order valence-electron chi connectivity index (χ0n) is 14.8. The Kier molecular flexibility index (Phi) is 4.19. The number of Topliss-reactive ketones (excluding diaryl/α,β-unsaturated/α-hetero) is 1. The summed E-state index contributed by atoms with van der Waals surface area (Å²) in [6.07, 6.45) is 0.430. The third-order valence-corrected chi connectivity index (χ3v) is 4.28. The van der Waals surface area contributed by atoms with Crippen LogP contribution in [0.3, 0.4) is 0 Å². The van der Waals surface area contributed by atoms with E-state index in [4.69, 9.17) is 4.74 Å². The van der Waals surface area contributed by atoms with E-state index in [9.17, 15) is 4.79 Å². The Hall–Kier alpha value is -0.960. The fourth-order valence-electron chi connectivity index (χ4n) is 2.83. The molecule has 1 aromatic carbocycles. The molecule has 122 valence electrons. The van der Waals surface area contributed by atoms with E-state index >= 15 is 0 Å². The third kappa shape index (κ3) is 3.51. The normalized spacial score (nSPS) is 17.1. The summed E-state index contributed by atoms with van der Waals surface area (Å²) >= 11 is 4.50. The van der Waals surface area contributed by atoms with E-state index in [-0.39, 0.29) is 21.4 Å². The van der Waals surface area contributed by atoms with Crippen LogP contribution < -0.4 is 4.74 Å². The molecule has 3 heteroatoms. The quantitative estimate of drug-likeness (QED) is 0.631. The summed E-state index contributed by atoms with van der Waals surface area (Å²) in [5.74, 6) is 1.12. The first-order valence-electron chi connectivity index (χ1n) is 7.89. The molecule has 0 saturated heterocycles. The topological polar surface area (TPSA) is 26.3 Å². The van der Waals surface area contributed by atoms with Gasteiger partial charge in [0, 0.05) is 33.3 Å². The maximum atomic E-state index is 12.7. The molecule has 0 radical (unpaired) electrons. The van der Waals surface area contributed by atoms with Crippen LogP contribution in [-0.4, -0.2) is 17.1 Å². The Morgan fingerprint density at radius 1 is 1.23 bits per heavy atom. The molecule has 22 heavy (non-hydrogen) atoms. The lowest BCUT2D eigenvalue weighted by molar-refractivity contribution is 0.0974. The fourth-order valence-corrected chi connectivity index (χ4v) is 2.97. The number of benzene rings is 1. The van der Waals surface area contributed by atoms with Crippen molar-refractivity contribution in [3.8, 4) is 5.75 Å². The highest BCUT2D eigenvalue weighted by Gasteiger charge is 2.37. The Labute approximate surface area is 140 Å². The second-order valence-electron chi connectivity index (χ2n) is 8.74. The molecule has 2 nitrogen and oxygen atoms in total. The molecule has 0 fully saturated rings. The number of rotatable bonds is 3. The predicted octanol–water partition coefficient (Wildman–Crippen LogP) is 4.94. The van der Waals surface area contributed by atoms with Gasteiger partial charge in [0.2, 0.25) is 0 Å². The molecule has 0 spiro atoms. The van der Waals surface area contributed by atoms with Gasteiger partial charge in [-0.1, -0.05) is 48.5 Å². The Morgan fingerprint density at radius 3 is 2.32 bits per heavy atom. The smallest absolute Gasteiger partial charge is 0.164 e. The first-order chi connectivity index (χ1) is 9.81. The average molecular weight is 320 g/mol. The third-order valence-electron chi connectivity index (χ3n) is 4.12. The Morgan fingerprint density at radius 2 is 1.82 bits per heavy atom. The monoisotopic (exact) mass is 320 g/mol. The van der Waals surface area contributed by atoms with E-state index in [0.29, 0.717) is 13.0 Å². The molecular formula is C19H28O2S. The number of carbonyl (C=O) groups is 1. The van der Waals surface area contributed by atoms with E-state index in [0.717, 1.165) is 22.4 Å². The van der Waals surface area contributed by atoms with Gasteiger partial charge in [-0.05, 0) is 17.5 Å². The van der Waals surface area contributed by atoms with E-state index in [2.05, 4.69) is 47.2 Å². The predicted molar refractivity (Wildman–Crippen MR) is 95.7 cm³/mol. The first-order valence-corrected chi connectivity index (χ1v) is 8.33. The number of hydrogen-bond acceptors (Lipinski definition) is 3. The lowest BCUT2D eigenvalue weighted by Crippen LogP contribution is -2.21. The lowest BCUT2D eigenvalue weighted by atomic mass is 9.78. The van der Waals surface area contributed by atoms with Crippen LogP contribution in [0, 0.1) is 0 Å². The van der Waals surface area contributed by atoms with Crippen LogP contribution in [0.5, 0.6) is 5.75 Å². The molecule has 0 aromatic heterocycles. The SMILES string of the molecule is CC(C)(S)CC(=O)c1cc(C(C)(C)C)c2c(c1)C(C)(C)CO2. The zero-order valence-corrected chi connectivity index (χ0v) is 15.7. The van der Waals surface area contributed by atoms with Crippen LogP contribution in [0.15, 0.2) is 12.1 Å². The largest absolute Gasteiger partial charge is 0.492 e. The van der Waals surface area contributed by atoms with Gasteiger partial charge in [0.25, 0.3) is 0 Å². The van der Waals surface area contributed by atoms with Crippen molar-refractivity contribution < 1.29 is 9.53 Å². The summed E-state index contributed by atoms with van der Waals surface area (Å²) in [7, 11) is 0. The van der Waals surface area contributed by atoms with Crippen LogP contribution >= 0.6 is 12.6 Å². The van der Waals surface area contributed by atoms with Crippen molar-refractivity contribution in [3.63, 3.8) is 0 Å². The molecule has 0 atom stereocenters. The maximum Gasteiger partial charge on any atom is 0.164 e. The van der Waals surface area contributed by atoms with Crippen molar-refractivity contribution >= 4 is 18.4 Å². The minimum atomic E-state index is -0.302. The van der Waals surface area contributed by atoms with Crippen LogP contribution in [0.1, 0.15) is 76.4 Å². The van der Waals surface area contributed by atoms with Crippen LogP contribution in [0.4, 0.5) is 0 Å². The van der Waals surface area contributed by atoms with Crippen molar-refractivity contribution in [2.45, 2.75) is 70.5 Å². The average Bonchev–Trinajstić information content (AvgIpc) is 2.61. The molecule has 1 aliphatic rings. The second-order valence-corrected chi connectivity index (χ2v) is 9.95. The highest BCUT2D eigenvalue weighted by molar-refractivity contribution is 7.81. The maximum absolute atomic E-state index is 12.7. The molecule has 0 bridgehead atoms. The summed E-state index contributed by atoms with van der Waals surface area (Å²) in [5, 5.41) is 0. The van der Waals surface area contributed by atoms with Crippen LogP contribution in [0.25, 0.3) is 0 Å². The van der Waals surface area contributed by atoms with Crippen LogP contribution in [-0.2, 0) is 10.8 Å². The van der Waals surface area contributed by atoms with E-state index in [1.807, 2.05) is 26.0 Å². The minimum Gasteiger partial charge on any atom is -0.492 e. The molecule has 2 rings (SSSR count). The van der Waals surface area contributed by atoms with E-state index in [1.54, 1.807) is 0 Å². The summed E-state index contributed by atoms with van der Waals surface area (Å²) < 4.78 is 5.68.